The number of hydrogen-bond donors (Lipinski definition) is 2. The second-order valence-corrected chi connectivity index (χ2v) is 8.75. The second-order valence-electron chi connectivity index (χ2n) is 7.59. The Morgan fingerprint density at radius 2 is 1.78 bits per heavy atom. The van der Waals surface area contributed by atoms with E-state index in [2.05, 4.69) is 25.5 Å². The molecule has 0 unspecified atom stereocenters. The number of alkyl halides is 2. The summed E-state index contributed by atoms with van der Waals surface area (Å²) >= 11 is 1.21. The van der Waals surface area contributed by atoms with E-state index in [4.69, 9.17) is 0 Å². The highest BCUT2D eigenvalue weighted by atomic mass is 32.1. The SMILES string of the molecule is CC(=O)c1ccc(CNC(=O)c2cc(C(=O)NCc3ccc(F)c(OC(F)F)c3)nc3c(F)cnn23)s1. The van der Waals surface area contributed by atoms with Crippen LogP contribution in [0.4, 0.5) is 17.6 Å². The fraction of sp³-hybridized carbons (Fsp3) is 0.174. The highest BCUT2D eigenvalue weighted by Gasteiger charge is 2.20. The van der Waals surface area contributed by atoms with Crippen molar-refractivity contribution in [3.8, 4) is 5.75 Å². The van der Waals surface area contributed by atoms with E-state index in [9.17, 15) is 31.9 Å². The van der Waals surface area contributed by atoms with Crippen molar-refractivity contribution in [2.45, 2.75) is 26.6 Å². The topological polar surface area (TPSA) is 115 Å². The van der Waals surface area contributed by atoms with Gasteiger partial charge >= 0.3 is 6.61 Å². The van der Waals surface area contributed by atoms with E-state index in [1.807, 2.05) is 0 Å². The van der Waals surface area contributed by atoms with Gasteiger partial charge in [-0.05, 0) is 36.8 Å². The Bertz CT molecular complexity index is 1500. The Kier molecular flexibility index (Phi) is 7.47. The normalized spacial score (nSPS) is 11.1. The van der Waals surface area contributed by atoms with Crippen LogP contribution >= 0.6 is 11.3 Å². The van der Waals surface area contributed by atoms with Gasteiger partial charge in [0.1, 0.15) is 11.4 Å². The standard InChI is InChI=1S/C23H17F4N5O4S/c1-11(33)19-5-3-13(37-19)9-29-22(35)17-7-16(31-20-15(25)10-30-32(17)20)21(34)28-8-12-2-4-14(24)18(6-12)36-23(26)27/h2-7,10,23H,8-9H2,1H3,(H,28,34)(H,29,35). The van der Waals surface area contributed by atoms with E-state index in [0.29, 0.717) is 9.75 Å². The summed E-state index contributed by atoms with van der Waals surface area (Å²) in [5.74, 6) is -4.19. The lowest BCUT2D eigenvalue weighted by molar-refractivity contribution is -0.0522. The quantitative estimate of drug-likeness (QED) is 0.249. The molecule has 0 atom stereocenters. The molecule has 4 aromatic rings. The Morgan fingerprint density at radius 3 is 2.49 bits per heavy atom. The molecule has 0 fully saturated rings. The van der Waals surface area contributed by atoms with Crippen molar-refractivity contribution in [1.29, 1.82) is 0 Å². The molecule has 4 rings (SSSR count). The lowest BCUT2D eigenvalue weighted by Crippen LogP contribution is -2.28. The Labute approximate surface area is 210 Å². The van der Waals surface area contributed by atoms with Crippen LogP contribution in [0.3, 0.4) is 0 Å². The molecule has 14 heteroatoms. The lowest BCUT2D eigenvalue weighted by Gasteiger charge is -2.10. The summed E-state index contributed by atoms with van der Waals surface area (Å²) in [6.45, 7) is -1.97. The van der Waals surface area contributed by atoms with Gasteiger partial charge in [-0.25, -0.2) is 18.3 Å². The van der Waals surface area contributed by atoms with E-state index < -0.39 is 35.8 Å². The predicted molar refractivity (Wildman–Crippen MR) is 123 cm³/mol. The van der Waals surface area contributed by atoms with Gasteiger partial charge in [0.25, 0.3) is 11.8 Å². The molecule has 0 saturated carbocycles. The summed E-state index contributed by atoms with van der Waals surface area (Å²) in [5, 5.41) is 8.87. The van der Waals surface area contributed by atoms with Crippen molar-refractivity contribution in [2.75, 3.05) is 0 Å². The summed E-state index contributed by atoms with van der Waals surface area (Å²) in [5.41, 5.74) is -0.641. The van der Waals surface area contributed by atoms with Crippen LogP contribution in [0.5, 0.6) is 5.75 Å². The highest BCUT2D eigenvalue weighted by molar-refractivity contribution is 7.14. The number of nitrogens with zero attached hydrogens (tertiary/aromatic N) is 3. The molecule has 0 aliphatic rings. The summed E-state index contributed by atoms with van der Waals surface area (Å²) in [6, 6.07) is 7.58. The Hall–Kier alpha value is -4.33. The molecule has 3 heterocycles. The number of hydrogen-bond acceptors (Lipinski definition) is 7. The van der Waals surface area contributed by atoms with E-state index in [-0.39, 0.29) is 41.5 Å². The maximum Gasteiger partial charge on any atom is 0.387 e. The van der Waals surface area contributed by atoms with Crippen molar-refractivity contribution in [3.05, 3.63) is 80.9 Å². The third-order valence-electron chi connectivity index (χ3n) is 4.99. The fourth-order valence-corrected chi connectivity index (χ4v) is 4.09. The molecule has 0 spiro atoms. The third-order valence-corrected chi connectivity index (χ3v) is 6.18. The first kappa shape index (κ1) is 25.8. The van der Waals surface area contributed by atoms with Crippen molar-refractivity contribution in [2.24, 2.45) is 0 Å². The summed E-state index contributed by atoms with van der Waals surface area (Å²) < 4.78 is 57.8. The largest absolute Gasteiger partial charge is 0.432 e. The van der Waals surface area contributed by atoms with Gasteiger partial charge in [0.2, 0.25) is 0 Å². The van der Waals surface area contributed by atoms with Crippen LogP contribution in [0.15, 0.2) is 42.6 Å². The van der Waals surface area contributed by atoms with Gasteiger partial charge in [-0.3, -0.25) is 14.4 Å². The first-order valence-corrected chi connectivity index (χ1v) is 11.4. The zero-order valence-electron chi connectivity index (χ0n) is 18.9. The first-order valence-electron chi connectivity index (χ1n) is 10.6. The van der Waals surface area contributed by atoms with Crippen LogP contribution in [-0.4, -0.2) is 38.8 Å². The van der Waals surface area contributed by atoms with Crippen molar-refractivity contribution >= 4 is 34.6 Å². The molecule has 0 bridgehead atoms. The first-order chi connectivity index (χ1) is 17.6. The summed E-state index contributed by atoms with van der Waals surface area (Å²) in [4.78, 5) is 42.2. The van der Waals surface area contributed by atoms with Crippen molar-refractivity contribution in [3.63, 3.8) is 0 Å². The molecule has 2 N–H and O–H groups in total. The minimum absolute atomic E-state index is 0.0689. The average molecular weight is 535 g/mol. The van der Waals surface area contributed by atoms with E-state index in [1.54, 1.807) is 12.1 Å². The number of carbonyl (C=O) groups excluding carboxylic acids is 3. The number of Topliss-reactive ketones (excluding diaryl/α,β-unsaturated/α-hetero) is 1. The summed E-state index contributed by atoms with van der Waals surface area (Å²) in [6.07, 6.45) is 0.836. The molecule has 192 valence electrons. The molecular weight excluding hydrogens is 518 g/mol. The third kappa shape index (κ3) is 5.91. The molecule has 1 aromatic carbocycles. The number of halogens is 4. The van der Waals surface area contributed by atoms with Crippen LogP contribution < -0.4 is 15.4 Å². The van der Waals surface area contributed by atoms with Crippen molar-refractivity contribution < 1.29 is 36.7 Å². The number of fused-ring (bicyclic) bond motifs is 1. The minimum atomic E-state index is -3.23. The van der Waals surface area contributed by atoms with Crippen LogP contribution in [0.25, 0.3) is 5.65 Å². The molecule has 0 aliphatic carbocycles. The maximum absolute atomic E-state index is 14.2. The number of thiophene rings is 1. The van der Waals surface area contributed by atoms with Crippen LogP contribution in [0, 0.1) is 11.6 Å². The Balaban J connectivity index is 1.52. The zero-order valence-corrected chi connectivity index (χ0v) is 19.7. The molecule has 37 heavy (non-hydrogen) atoms. The monoisotopic (exact) mass is 535 g/mol. The van der Waals surface area contributed by atoms with Gasteiger partial charge in [0.15, 0.2) is 28.8 Å². The number of nitrogens with one attached hydrogen (secondary N) is 2. The number of rotatable bonds is 9. The number of carbonyl (C=O) groups is 3. The molecule has 9 nitrogen and oxygen atoms in total. The molecule has 2 amide bonds. The summed E-state index contributed by atoms with van der Waals surface area (Å²) in [7, 11) is 0. The van der Waals surface area contributed by atoms with Gasteiger partial charge in [-0.15, -0.1) is 11.3 Å². The molecular formula is C23H17F4N5O4S. The van der Waals surface area contributed by atoms with Gasteiger partial charge < -0.3 is 15.4 Å². The van der Waals surface area contributed by atoms with Crippen LogP contribution in [0.1, 0.15) is 48.0 Å². The predicted octanol–water partition coefficient (Wildman–Crippen LogP) is 3.73. The van der Waals surface area contributed by atoms with E-state index in [0.717, 1.165) is 28.9 Å². The minimum Gasteiger partial charge on any atom is -0.432 e. The maximum atomic E-state index is 14.2. The number of ketones is 1. The number of aromatic nitrogens is 3. The number of benzene rings is 1. The Morgan fingerprint density at radius 1 is 1.03 bits per heavy atom. The van der Waals surface area contributed by atoms with E-state index in [1.165, 1.54) is 24.3 Å². The second kappa shape index (κ2) is 10.7. The van der Waals surface area contributed by atoms with Gasteiger partial charge in [-0.1, -0.05) is 6.07 Å². The van der Waals surface area contributed by atoms with E-state index >= 15 is 0 Å². The molecule has 3 aromatic heterocycles. The van der Waals surface area contributed by atoms with Gasteiger partial charge in [0, 0.05) is 17.5 Å². The van der Waals surface area contributed by atoms with Gasteiger partial charge in [0.05, 0.1) is 17.6 Å². The fourth-order valence-electron chi connectivity index (χ4n) is 3.25. The van der Waals surface area contributed by atoms with Crippen LogP contribution in [0.2, 0.25) is 0 Å². The molecule has 0 radical (unpaired) electrons. The smallest absolute Gasteiger partial charge is 0.387 e. The average Bonchev–Trinajstić information content (AvgIpc) is 3.49. The molecule has 0 aliphatic heterocycles. The lowest BCUT2D eigenvalue weighted by atomic mass is 10.2. The zero-order chi connectivity index (χ0) is 26.7. The van der Waals surface area contributed by atoms with Gasteiger partial charge in [-0.2, -0.15) is 13.9 Å². The molecule has 0 saturated heterocycles. The number of amides is 2. The highest BCUT2D eigenvalue weighted by Crippen LogP contribution is 2.21. The van der Waals surface area contributed by atoms with Crippen molar-refractivity contribution in [1.82, 2.24) is 25.2 Å². The number of ether oxygens (including phenoxy) is 1. The van der Waals surface area contributed by atoms with Crippen LogP contribution in [-0.2, 0) is 13.1 Å².